The van der Waals surface area contributed by atoms with Crippen molar-refractivity contribution in [3.63, 3.8) is 0 Å². The van der Waals surface area contributed by atoms with E-state index in [4.69, 9.17) is 0 Å². The van der Waals surface area contributed by atoms with Crippen molar-refractivity contribution in [1.82, 2.24) is 0 Å². The zero-order chi connectivity index (χ0) is 24.5. The van der Waals surface area contributed by atoms with Gasteiger partial charge < -0.3 is 0 Å². The van der Waals surface area contributed by atoms with Crippen LogP contribution in [0.5, 0.6) is 0 Å². The van der Waals surface area contributed by atoms with Crippen LogP contribution in [0.25, 0.3) is 0 Å². The number of aryl methyl sites for hydroxylation is 1. The summed E-state index contributed by atoms with van der Waals surface area (Å²) >= 11 is 0. The highest BCUT2D eigenvalue weighted by molar-refractivity contribution is 7.92. The SMILES string of the molecule is Cc1cc(C(F)(F)F)ccc1C(=O)CCCC(C)(C)S(=O)(=O)c1cccc(C(F)(F)F)c1. The van der Waals surface area contributed by atoms with Crippen LogP contribution >= 0.6 is 0 Å². The van der Waals surface area contributed by atoms with Crippen LogP contribution in [0.1, 0.15) is 60.2 Å². The van der Waals surface area contributed by atoms with Crippen molar-refractivity contribution < 1.29 is 39.6 Å². The molecule has 0 N–H and O–H groups in total. The Morgan fingerprint density at radius 1 is 0.875 bits per heavy atom. The summed E-state index contributed by atoms with van der Waals surface area (Å²) in [5.74, 6) is -0.441. The normalized spacial score (nSPS) is 13.3. The van der Waals surface area contributed by atoms with Crippen LogP contribution in [-0.2, 0) is 22.2 Å². The highest BCUT2D eigenvalue weighted by atomic mass is 32.2. The van der Waals surface area contributed by atoms with Crippen molar-refractivity contribution in [3.05, 3.63) is 64.7 Å². The van der Waals surface area contributed by atoms with Gasteiger partial charge in [0.1, 0.15) is 0 Å². The second-order valence-electron chi connectivity index (χ2n) is 8.09. The molecule has 0 atom stereocenters. The molecule has 0 aromatic heterocycles. The van der Waals surface area contributed by atoms with Crippen molar-refractivity contribution in [3.8, 4) is 0 Å². The van der Waals surface area contributed by atoms with Gasteiger partial charge in [0.15, 0.2) is 15.6 Å². The minimum atomic E-state index is -4.69. The zero-order valence-corrected chi connectivity index (χ0v) is 18.4. The molecule has 0 spiro atoms. The van der Waals surface area contributed by atoms with Crippen LogP contribution in [0.4, 0.5) is 26.3 Å². The maximum atomic E-state index is 12.9. The van der Waals surface area contributed by atoms with Gasteiger partial charge in [0.25, 0.3) is 0 Å². The molecule has 0 heterocycles. The van der Waals surface area contributed by atoms with Gasteiger partial charge in [-0.1, -0.05) is 12.1 Å². The highest BCUT2D eigenvalue weighted by Crippen LogP contribution is 2.35. The largest absolute Gasteiger partial charge is 0.416 e. The van der Waals surface area contributed by atoms with E-state index in [1.165, 1.54) is 20.8 Å². The Kier molecular flexibility index (Phi) is 7.19. The predicted molar refractivity (Wildman–Crippen MR) is 107 cm³/mol. The molecule has 0 saturated carbocycles. The topological polar surface area (TPSA) is 51.2 Å². The standard InChI is InChI=1S/C22H22F6O3S/c1-14-12-16(22(26,27)28)9-10-18(14)19(29)8-5-11-20(2,3)32(30,31)17-7-4-6-15(13-17)21(23,24)25/h4,6-7,9-10,12-13H,5,8,11H2,1-3H3. The van der Waals surface area contributed by atoms with E-state index in [2.05, 4.69) is 0 Å². The molecular formula is C22H22F6O3S. The lowest BCUT2D eigenvalue weighted by Gasteiger charge is -2.25. The second-order valence-corrected chi connectivity index (χ2v) is 10.7. The van der Waals surface area contributed by atoms with Gasteiger partial charge in [-0.2, -0.15) is 26.3 Å². The van der Waals surface area contributed by atoms with E-state index < -0.39 is 48.7 Å². The summed E-state index contributed by atoms with van der Waals surface area (Å²) in [6.45, 7) is 4.09. The number of hydrogen-bond acceptors (Lipinski definition) is 3. The Morgan fingerprint density at radius 3 is 1.97 bits per heavy atom. The maximum Gasteiger partial charge on any atom is 0.416 e. The number of alkyl halides is 6. The minimum Gasteiger partial charge on any atom is -0.294 e. The van der Waals surface area contributed by atoms with Crippen LogP contribution in [0.3, 0.4) is 0 Å². The third kappa shape index (κ3) is 5.70. The number of carbonyl (C=O) groups excluding carboxylic acids is 1. The lowest BCUT2D eigenvalue weighted by molar-refractivity contribution is -0.138. The molecule has 2 aromatic rings. The van der Waals surface area contributed by atoms with Crippen LogP contribution in [0.15, 0.2) is 47.4 Å². The number of carbonyl (C=O) groups is 1. The van der Waals surface area contributed by atoms with Gasteiger partial charge in [-0.25, -0.2) is 8.42 Å². The lowest BCUT2D eigenvalue weighted by atomic mass is 9.96. The number of sulfone groups is 1. The van der Waals surface area contributed by atoms with Crippen molar-refractivity contribution in [2.75, 3.05) is 0 Å². The smallest absolute Gasteiger partial charge is 0.294 e. The first-order valence-electron chi connectivity index (χ1n) is 9.60. The van der Waals surface area contributed by atoms with E-state index >= 15 is 0 Å². The first-order valence-corrected chi connectivity index (χ1v) is 11.1. The van der Waals surface area contributed by atoms with E-state index in [-0.39, 0.29) is 30.4 Å². The van der Waals surface area contributed by atoms with Gasteiger partial charge in [0.05, 0.1) is 20.8 Å². The molecule has 0 amide bonds. The predicted octanol–water partition coefficient (Wildman–Crippen LogP) is 6.64. The van der Waals surface area contributed by atoms with Gasteiger partial charge in [-0.05, 0) is 69.5 Å². The first-order chi connectivity index (χ1) is 14.5. The van der Waals surface area contributed by atoms with Gasteiger partial charge in [-0.15, -0.1) is 0 Å². The molecule has 0 unspecified atom stereocenters. The molecule has 2 aromatic carbocycles. The first kappa shape index (κ1) is 25.9. The monoisotopic (exact) mass is 480 g/mol. The van der Waals surface area contributed by atoms with Crippen LogP contribution < -0.4 is 0 Å². The Hall–Kier alpha value is -2.36. The van der Waals surface area contributed by atoms with Gasteiger partial charge in [0.2, 0.25) is 0 Å². The molecule has 0 aliphatic rings. The molecule has 2 rings (SSSR count). The third-order valence-electron chi connectivity index (χ3n) is 5.24. The van der Waals surface area contributed by atoms with Crippen LogP contribution in [0, 0.1) is 6.92 Å². The summed E-state index contributed by atoms with van der Waals surface area (Å²) in [4.78, 5) is 12.0. The molecule has 0 bridgehead atoms. The van der Waals surface area contributed by atoms with Crippen molar-refractivity contribution in [1.29, 1.82) is 0 Å². The van der Waals surface area contributed by atoms with Gasteiger partial charge >= 0.3 is 12.4 Å². The number of hydrogen-bond donors (Lipinski definition) is 0. The van der Waals surface area contributed by atoms with Crippen LogP contribution in [-0.4, -0.2) is 18.9 Å². The summed E-state index contributed by atoms with van der Waals surface area (Å²) < 4.78 is 101. The zero-order valence-electron chi connectivity index (χ0n) is 17.6. The fraction of sp³-hybridized carbons (Fsp3) is 0.409. The number of rotatable bonds is 7. The third-order valence-corrected chi connectivity index (χ3v) is 7.77. The molecule has 32 heavy (non-hydrogen) atoms. The number of benzene rings is 2. The van der Waals surface area contributed by atoms with Gasteiger partial charge in [0, 0.05) is 12.0 Å². The van der Waals surface area contributed by atoms with E-state index in [1.807, 2.05) is 0 Å². The number of Topliss-reactive ketones (excluding diaryl/α,β-unsaturated/α-hetero) is 1. The molecule has 0 saturated heterocycles. The summed E-state index contributed by atoms with van der Waals surface area (Å²) in [5, 5.41) is 0. The Morgan fingerprint density at radius 2 is 1.44 bits per heavy atom. The number of ketones is 1. The summed E-state index contributed by atoms with van der Waals surface area (Å²) in [6.07, 6.45) is -9.29. The fourth-order valence-corrected chi connectivity index (χ4v) is 4.85. The second kappa shape index (κ2) is 8.88. The molecule has 10 heteroatoms. The quantitative estimate of drug-likeness (QED) is 0.330. The van der Waals surface area contributed by atoms with E-state index in [0.29, 0.717) is 6.07 Å². The maximum absolute atomic E-state index is 12.9. The Labute approximate surface area is 182 Å². The Bertz CT molecular complexity index is 1100. The average Bonchev–Trinajstić information content (AvgIpc) is 2.66. The summed E-state index contributed by atoms with van der Waals surface area (Å²) in [6, 6.07) is 6.22. The molecule has 0 aliphatic heterocycles. The van der Waals surface area contributed by atoms with Gasteiger partial charge in [-0.3, -0.25) is 4.79 Å². The average molecular weight is 480 g/mol. The molecule has 176 valence electrons. The fourth-order valence-electron chi connectivity index (χ4n) is 3.26. The number of halogens is 6. The van der Waals surface area contributed by atoms with Crippen molar-refractivity contribution in [2.24, 2.45) is 0 Å². The molecular weight excluding hydrogens is 458 g/mol. The van der Waals surface area contributed by atoms with Crippen molar-refractivity contribution in [2.45, 2.75) is 62.0 Å². The molecule has 0 fully saturated rings. The minimum absolute atomic E-state index is 0.0308. The lowest BCUT2D eigenvalue weighted by Crippen LogP contribution is -2.32. The van der Waals surface area contributed by atoms with Crippen LogP contribution in [0.2, 0.25) is 0 Å². The Balaban J connectivity index is 2.12. The summed E-state index contributed by atoms with van der Waals surface area (Å²) in [5.41, 5.74) is -1.69. The summed E-state index contributed by atoms with van der Waals surface area (Å²) in [7, 11) is -4.15. The van der Waals surface area contributed by atoms with E-state index in [9.17, 15) is 39.6 Å². The van der Waals surface area contributed by atoms with Crippen molar-refractivity contribution >= 4 is 15.6 Å². The highest BCUT2D eigenvalue weighted by Gasteiger charge is 2.38. The molecule has 0 aliphatic carbocycles. The van der Waals surface area contributed by atoms with E-state index in [1.54, 1.807) is 0 Å². The van der Waals surface area contributed by atoms with E-state index in [0.717, 1.165) is 36.4 Å². The molecule has 0 radical (unpaired) electrons. The molecule has 3 nitrogen and oxygen atoms in total.